The van der Waals surface area contributed by atoms with E-state index < -0.39 is 0 Å². The lowest BCUT2D eigenvalue weighted by atomic mass is 10.2. The van der Waals surface area contributed by atoms with E-state index in [0.717, 1.165) is 25.2 Å². The van der Waals surface area contributed by atoms with Crippen LogP contribution in [0.2, 0.25) is 0 Å². The number of hydrogen-bond acceptors (Lipinski definition) is 2. The molecule has 2 rings (SSSR count). The average Bonchev–Trinajstić information content (AvgIpc) is 2.72. The minimum atomic E-state index is 0.894. The van der Waals surface area contributed by atoms with Crippen LogP contribution in [0.4, 0.5) is 0 Å². The second-order valence-electron chi connectivity index (χ2n) is 4.68. The molecule has 0 saturated carbocycles. The summed E-state index contributed by atoms with van der Waals surface area (Å²) in [5.74, 6) is 0. The largest absolute Gasteiger partial charge is 0.313 e. The molecule has 0 fully saturated rings. The Balaban J connectivity index is 2.20. The molecule has 96 valence electrons. The quantitative estimate of drug-likeness (QED) is 0.818. The van der Waals surface area contributed by atoms with E-state index in [0.29, 0.717) is 0 Å². The number of aryl methyl sites for hydroxylation is 1. The number of benzene rings is 1. The fourth-order valence-electron chi connectivity index (χ4n) is 2.04. The maximum Gasteiger partial charge on any atom is 0.0651 e. The zero-order valence-electron chi connectivity index (χ0n) is 11.4. The Bertz CT molecular complexity index is 514. The van der Waals surface area contributed by atoms with Gasteiger partial charge in [0.1, 0.15) is 0 Å². The fourth-order valence-corrected chi connectivity index (χ4v) is 2.04. The molecule has 0 spiro atoms. The van der Waals surface area contributed by atoms with E-state index in [4.69, 9.17) is 0 Å². The molecule has 3 heteroatoms. The molecule has 1 aromatic carbocycles. The highest BCUT2D eigenvalue weighted by molar-refractivity contribution is 5.37. The van der Waals surface area contributed by atoms with Crippen molar-refractivity contribution in [3.8, 4) is 5.69 Å². The summed E-state index contributed by atoms with van der Waals surface area (Å²) in [6.45, 7) is 8.35. The number of hydrogen-bond donors (Lipinski definition) is 1. The van der Waals surface area contributed by atoms with Crippen LogP contribution < -0.4 is 5.32 Å². The van der Waals surface area contributed by atoms with Crippen molar-refractivity contribution in [3.63, 3.8) is 0 Å². The van der Waals surface area contributed by atoms with Gasteiger partial charge in [-0.1, -0.05) is 19.1 Å². The second kappa shape index (κ2) is 5.83. The summed E-state index contributed by atoms with van der Waals surface area (Å²) in [4.78, 5) is 0. The molecule has 18 heavy (non-hydrogen) atoms. The number of nitrogens with zero attached hydrogens (tertiary/aromatic N) is 2. The molecule has 0 atom stereocenters. The van der Waals surface area contributed by atoms with Gasteiger partial charge in [-0.05, 0) is 44.5 Å². The SMILES string of the molecule is CCCNCc1cnn(-c2cccc(C)c2)c1C. The van der Waals surface area contributed by atoms with Crippen LogP contribution in [0.3, 0.4) is 0 Å². The molecule has 0 bridgehead atoms. The van der Waals surface area contributed by atoms with E-state index in [1.54, 1.807) is 0 Å². The van der Waals surface area contributed by atoms with Crippen molar-refractivity contribution in [1.29, 1.82) is 0 Å². The zero-order valence-corrected chi connectivity index (χ0v) is 11.4. The van der Waals surface area contributed by atoms with Crippen LogP contribution in [0.15, 0.2) is 30.5 Å². The lowest BCUT2D eigenvalue weighted by Gasteiger charge is -2.07. The van der Waals surface area contributed by atoms with E-state index in [-0.39, 0.29) is 0 Å². The monoisotopic (exact) mass is 243 g/mol. The van der Waals surface area contributed by atoms with Crippen LogP contribution in [-0.4, -0.2) is 16.3 Å². The Morgan fingerprint density at radius 1 is 1.28 bits per heavy atom. The molecule has 0 amide bonds. The normalized spacial score (nSPS) is 10.8. The van der Waals surface area contributed by atoms with Gasteiger partial charge < -0.3 is 5.32 Å². The lowest BCUT2D eigenvalue weighted by molar-refractivity contribution is 0.672. The number of nitrogens with one attached hydrogen (secondary N) is 1. The summed E-state index contributed by atoms with van der Waals surface area (Å²) in [6, 6.07) is 8.42. The van der Waals surface area contributed by atoms with Gasteiger partial charge in [0.15, 0.2) is 0 Å². The maximum atomic E-state index is 4.48. The van der Waals surface area contributed by atoms with Crippen LogP contribution >= 0.6 is 0 Å². The first-order valence-electron chi connectivity index (χ1n) is 6.53. The van der Waals surface area contributed by atoms with Gasteiger partial charge in [0.05, 0.1) is 11.9 Å². The third-order valence-corrected chi connectivity index (χ3v) is 3.10. The molecule has 0 saturated heterocycles. The summed E-state index contributed by atoms with van der Waals surface area (Å²) in [7, 11) is 0. The van der Waals surface area contributed by atoms with Gasteiger partial charge in [0.2, 0.25) is 0 Å². The maximum absolute atomic E-state index is 4.48. The van der Waals surface area contributed by atoms with Crippen molar-refractivity contribution < 1.29 is 0 Å². The predicted molar refractivity (Wildman–Crippen MR) is 75.0 cm³/mol. The number of aromatic nitrogens is 2. The third kappa shape index (κ3) is 2.79. The van der Waals surface area contributed by atoms with Crippen LogP contribution in [0.5, 0.6) is 0 Å². The van der Waals surface area contributed by atoms with Crippen LogP contribution in [0.25, 0.3) is 5.69 Å². The predicted octanol–water partition coefficient (Wildman–Crippen LogP) is 2.99. The number of rotatable bonds is 5. The molecular weight excluding hydrogens is 222 g/mol. The average molecular weight is 243 g/mol. The fraction of sp³-hybridized carbons (Fsp3) is 0.400. The second-order valence-corrected chi connectivity index (χ2v) is 4.68. The molecule has 1 heterocycles. The van der Waals surface area contributed by atoms with Gasteiger partial charge in [-0.15, -0.1) is 0 Å². The summed E-state index contributed by atoms with van der Waals surface area (Å²) in [6.07, 6.45) is 3.12. The molecule has 1 N–H and O–H groups in total. The Hall–Kier alpha value is -1.61. The van der Waals surface area contributed by atoms with Crippen LogP contribution in [0.1, 0.15) is 30.2 Å². The van der Waals surface area contributed by atoms with Crippen molar-refractivity contribution in [2.75, 3.05) is 6.54 Å². The first-order valence-corrected chi connectivity index (χ1v) is 6.53. The van der Waals surface area contributed by atoms with Crippen molar-refractivity contribution in [2.45, 2.75) is 33.7 Å². The highest BCUT2D eigenvalue weighted by Gasteiger charge is 2.07. The van der Waals surface area contributed by atoms with Gasteiger partial charge in [-0.2, -0.15) is 5.10 Å². The van der Waals surface area contributed by atoms with Crippen LogP contribution in [-0.2, 0) is 6.54 Å². The highest BCUT2D eigenvalue weighted by Crippen LogP contribution is 2.15. The minimum Gasteiger partial charge on any atom is -0.313 e. The standard InChI is InChI=1S/C15H21N3/c1-4-8-16-10-14-11-17-18(13(14)3)15-7-5-6-12(2)9-15/h5-7,9,11,16H,4,8,10H2,1-3H3. The van der Waals surface area contributed by atoms with E-state index in [9.17, 15) is 0 Å². The van der Waals surface area contributed by atoms with Gasteiger partial charge in [0.25, 0.3) is 0 Å². The Morgan fingerprint density at radius 2 is 2.11 bits per heavy atom. The van der Waals surface area contributed by atoms with Gasteiger partial charge >= 0.3 is 0 Å². The molecule has 0 radical (unpaired) electrons. The molecule has 0 aliphatic rings. The molecule has 0 aliphatic heterocycles. The first kappa shape index (κ1) is 12.8. The molecule has 3 nitrogen and oxygen atoms in total. The van der Waals surface area contributed by atoms with Gasteiger partial charge in [-0.3, -0.25) is 0 Å². The van der Waals surface area contributed by atoms with Crippen molar-refractivity contribution in [1.82, 2.24) is 15.1 Å². The first-order chi connectivity index (χ1) is 8.72. The molecular formula is C15H21N3. The van der Waals surface area contributed by atoms with E-state index in [1.165, 1.54) is 16.8 Å². The van der Waals surface area contributed by atoms with Crippen molar-refractivity contribution in [2.24, 2.45) is 0 Å². The Kier molecular flexibility index (Phi) is 4.15. The zero-order chi connectivity index (χ0) is 13.0. The Labute approximate surface area is 109 Å². The minimum absolute atomic E-state index is 0.894. The Morgan fingerprint density at radius 3 is 2.83 bits per heavy atom. The third-order valence-electron chi connectivity index (χ3n) is 3.10. The molecule has 0 aliphatic carbocycles. The van der Waals surface area contributed by atoms with Crippen LogP contribution in [0, 0.1) is 13.8 Å². The van der Waals surface area contributed by atoms with Gasteiger partial charge in [-0.25, -0.2) is 4.68 Å². The van der Waals surface area contributed by atoms with E-state index in [2.05, 4.69) is 55.5 Å². The summed E-state index contributed by atoms with van der Waals surface area (Å²) in [5, 5.41) is 7.90. The highest BCUT2D eigenvalue weighted by atomic mass is 15.3. The molecule has 1 aromatic heterocycles. The lowest BCUT2D eigenvalue weighted by Crippen LogP contribution is -2.14. The smallest absolute Gasteiger partial charge is 0.0651 e. The van der Waals surface area contributed by atoms with E-state index in [1.807, 2.05) is 10.9 Å². The topological polar surface area (TPSA) is 29.9 Å². The summed E-state index contributed by atoms with van der Waals surface area (Å²) in [5.41, 5.74) is 4.87. The van der Waals surface area contributed by atoms with Gasteiger partial charge in [0, 0.05) is 17.8 Å². The van der Waals surface area contributed by atoms with Crippen molar-refractivity contribution in [3.05, 3.63) is 47.3 Å². The summed E-state index contributed by atoms with van der Waals surface area (Å²) < 4.78 is 2.01. The molecule has 0 unspecified atom stereocenters. The van der Waals surface area contributed by atoms with Crippen molar-refractivity contribution >= 4 is 0 Å². The molecule has 2 aromatic rings. The summed E-state index contributed by atoms with van der Waals surface area (Å²) >= 11 is 0. The van der Waals surface area contributed by atoms with E-state index >= 15 is 0 Å².